The fourth-order valence-electron chi connectivity index (χ4n) is 1.21. The molecule has 15 heavy (non-hydrogen) atoms. The Kier molecular flexibility index (Phi) is 4.59. The maximum absolute atomic E-state index is 9.55. The van der Waals surface area contributed by atoms with Crippen molar-refractivity contribution >= 4 is 0 Å². The van der Waals surface area contributed by atoms with Crippen molar-refractivity contribution in [3.05, 3.63) is 29.3 Å². The number of phenols is 1. The molecule has 0 heterocycles. The molecule has 0 saturated carbocycles. The molecular weight excluding hydrogens is 190 g/mol. The van der Waals surface area contributed by atoms with Gasteiger partial charge in [-0.1, -0.05) is 31.5 Å². The molecule has 0 aromatic heterocycles. The van der Waals surface area contributed by atoms with Gasteiger partial charge in [0.25, 0.3) is 0 Å². The van der Waals surface area contributed by atoms with E-state index in [0.717, 1.165) is 11.1 Å². The molecule has 0 unspecified atom stereocenters. The van der Waals surface area contributed by atoms with Crippen LogP contribution in [-0.4, -0.2) is 11.7 Å². The van der Waals surface area contributed by atoms with Crippen LogP contribution in [0.25, 0.3) is 0 Å². The van der Waals surface area contributed by atoms with E-state index in [1.54, 1.807) is 6.07 Å². The third-order valence-corrected chi connectivity index (χ3v) is 2.02. The molecule has 0 radical (unpaired) electrons. The van der Waals surface area contributed by atoms with Crippen LogP contribution >= 0.6 is 0 Å². The number of hydroxylamine groups is 1. The summed E-state index contributed by atoms with van der Waals surface area (Å²) in [5.41, 5.74) is 4.83. The molecule has 0 aliphatic rings. The van der Waals surface area contributed by atoms with E-state index in [-0.39, 0.29) is 0 Å². The largest absolute Gasteiger partial charge is 0.508 e. The molecule has 3 heteroatoms. The van der Waals surface area contributed by atoms with Crippen molar-refractivity contribution in [1.29, 1.82) is 0 Å². The quantitative estimate of drug-likeness (QED) is 0.578. The van der Waals surface area contributed by atoms with Crippen LogP contribution in [0.4, 0.5) is 0 Å². The number of hydrogen-bond acceptors (Lipinski definition) is 3. The molecule has 0 fully saturated rings. The van der Waals surface area contributed by atoms with E-state index in [4.69, 9.17) is 4.84 Å². The monoisotopic (exact) mass is 209 g/mol. The predicted octanol–water partition coefficient (Wildman–Crippen LogP) is 2.38. The highest BCUT2D eigenvalue weighted by molar-refractivity contribution is 5.35. The van der Waals surface area contributed by atoms with Gasteiger partial charge in [0.1, 0.15) is 5.75 Å². The van der Waals surface area contributed by atoms with Crippen LogP contribution in [0.2, 0.25) is 0 Å². The maximum Gasteiger partial charge on any atom is 0.120 e. The van der Waals surface area contributed by atoms with Gasteiger partial charge in [0.05, 0.1) is 6.61 Å². The van der Waals surface area contributed by atoms with E-state index in [2.05, 4.69) is 19.3 Å². The van der Waals surface area contributed by atoms with Gasteiger partial charge in [-0.3, -0.25) is 0 Å². The van der Waals surface area contributed by atoms with Crippen LogP contribution in [0.3, 0.4) is 0 Å². The van der Waals surface area contributed by atoms with E-state index in [0.29, 0.717) is 24.8 Å². The highest BCUT2D eigenvalue weighted by Crippen LogP contribution is 2.17. The average molecular weight is 209 g/mol. The van der Waals surface area contributed by atoms with Gasteiger partial charge in [-0.05, 0) is 18.9 Å². The van der Waals surface area contributed by atoms with Crippen molar-refractivity contribution in [3.63, 3.8) is 0 Å². The minimum atomic E-state index is 0.307. The number of phenolic OH excluding ortho intramolecular Hbond substituents is 1. The normalized spacial score (nSPS) is 10.9. The number of nitrogens with one attached hydrogen (secondary N) is 1. The molecule has 3 nitrogen and oxygen atoms in total. The first-order chi connectivity index (χ1) is 7.09. The lowest BCUT2D eigenvalue weighted by Gasteiger charge is -2.09. The standard InChI is InChI=1S/C12H19NO2/c1-9(2)8-15-13-7-11-6-10(3)4-5-12(11)14/h4-6,9,13-14H,7-8H2,1-3H3. The molecule has 0 amide bonds. The van der Waals surface area contributed by atoms with Crippen LogP contribution in [0.15, 0.2) is 18.2 Å². The Morgan fingerprint density at radius 2 is 2.13 bits per heavy atom. The topological polar surface area (TPSA) is 41.5 Å². The summed E-state index contributed by atoms with van der Waals surface area (Å²) in [5.74, 6) is 0.810. The Morgan fingerprint density at radius 3 is 2.80 bits per heavy atom. The fourth-order valence-corrected chi connectivity index (χ4v) is 1.21. The minimum absolute atomic E-state index is 0.307. The highest BCUT2D eigenvalue weighted by atomic mass is 16.6. The van der Waals surface area contributed by atoms with Crippen molar-refractivity contribution in [2.24, 2.45) is 5.92 Å². The zero-order valence-electron chi connectivity index (χ0n) is 9.58. The first-order valence-corrected chi connectivity index (χ1v) is 5.22. The third kappa shape index (κ3) is 4.32. The number of aromatic hydroxyl groups is 1. The van der Waals surface area contributed by atoms with Crippen LogP contribution in [0, 0.1) is 12.8 Å². The second-order valence-corrected chi connectivity index (χ2v) is 4.16. The molecule has 0 saturated heterocycles. The summed E-state index contributed by atoms with van der Waals surface area (Å²) in [6.07, 6.45) is 0. The molecule has 84 valence electrons. The van der Waals surface area contributed by atoms with E-state index >= 15 is 0 Å². The van der Waals surface area contributed by atoms with Crippen LogP contribution in [0.5, 0.6) is 5.75 Å². The summed E-state index contributed by atoms with van der Waals surface area (Å²) in [6, 6.07) is 5.53. The lowest BCUT2D eigenvalue weighted by Crippen LogP contribution is -2.17. The van der Waals surface area contributed by atoms with E-state index < -0.39 is 0 Å². The van der Waals surface area contributed by atoms with Gasteiger partial charge < -0.3 is 9.94 Å². The van der Waals surface area contributed by atoms with Crippen molar-refractivity contribution < 1.29 is 9.94 Å². The van der Waals surface area contributed by atoms with Crippen LogP contribution in [0.1, 0.15) is 25.0 Å². The molecule has 0 atom stereocenters. The summed E-state index contributed by atoms with van der Waals surface area (Å²) in [7, 11) is 0. The number of hydrogen-bond donors (Lipinski definition) is 2. The lowest BCUT2D eigenvalue weighted by atomic mass is 10.1. The van der Waals surface area contributed by atoms with Gasteiger partial charge in [0.15, 0.2) is 0 Å². The van der Waals surface area contributed by atoms with Gasteiger partial charge in [0.2, 0.25) is 0 Å². The summed E-state index contributed by atoms with van der Waals surface area (Å²) in [5, 5.41) is 9.55. The highest BCUT2D eigenvalue weighted by Gasteiger charge is 2.01. The summed E-state index contributed by atoms with van der Waals surface area (Å²) in [4.78, 5) is 5.23. The minimum Gasteiger partial charge on any atom is -0.508 e. The Hall–Kier alpha value is -1.06. The third-order valence-electron chi connectivity index (χ3n) is 2.02. The number of benzene rings is 1. The average Bonchev–Trinajstić information content (AvgIpc) is 2.17. The predicted molar refractivity (Wildman–Crippen MR) is 60.5 cm³/mol. The molecule has 1 aromatic carbocycles. The maximum atomic E-state index is 9.55. The van der Waals surface area contributed by atoms with Crippen molar-refractivity contribution in [3.8, 4) is 5.75 Å². The van der Waals surface area contributed by atoms with Crippen molar-refractivity contribution in [2.75, 3.05) is 6.61 Å². The molecule has 2 N–H and O–H groups in total. The molecule has 1 rings (SSSR count). The molecule has 0 bridgehead atoms. The fraction of sp³-hybridized carbons (Fsp3) is 0.500. The first kappa shape index (κ1) is 12.0. The summed E-state index contributed by atoms with van der Waals surface area (Å²) < 4.78 is 0. The van der Waals surface area contributed by atoms with Crippen LogP contribution < -0.4 is 5.48 Å². The molecule has 0 aliphatic carbocycles. The summed E-state index contributed by atoms with van der Waals surface area (Å²) in [6.45, 7) is 7.38. The second kappa shape index (κ2) is 5.73. The Bertz CT molecular complexity index is 310. The zero-order valence-corrected chi connectivity index (χ0v) is 9.58. The SMILES string of the molecule is Cc1ccc(O)c(CNOCC(C)C)c1. The molecule has 1 aromatic rings. The molecule has 0 aliphatic heterocycles. The number of aryl methyl sites for hydroxylation is 1. The Balaban J connectivity index is 2.40. The van der Waals surface area contributed by atoms with Gasteiger partial charge in [-0.2, -0.15) is 5.48 Å². The second-order valence-electron chi connectivity index (χ2n) is 4.16. The Labute approximate surface area is 91.0 Å². The van der Waals surface area contributed by atoms with Crippen molar-refractivity contribution in [1.82, 2.24) is 5.48 Å². The molecule has 0 spiro atoms. The van der Waals surface area contributed by atoms with Gasteiger partial charge in [0, 0.05) is 12.1 Å². The van der Waals surface area contributed by atoms with E-state index in [9.17, 15) is 5.11 Å². The van der Waals surface area contributed by atoms with E-state index in [1.165, 1.54) is 0 Å². The zero-order chi connectivity index (χ0) is 11.3. The first-order valence-electron chi connectivity index (χ1n) is 5.22. The summed E-state index contributed by atoms with van der Waals surface area (Å²) >= 11 is 0. The molecular formula is C12H19NO2. The van der Waals surface area contributed by atoms with Gasteiger partial charge >= 0.3 is 0 Å². The van der Waals surface area contributed by atoms with E-state index in [1.807, 2.05) is 19.1 Å². The Morgan fingerprint density at radius 1 is 1.40 bits per heavy atom. The smallest absolute Gasteiger partial charge is 0.120 e. The van der Waals surface area contributed by atoms with Gasteiger partial charge in [-0.25, -0.2) is 0 Å². The number of rotatable bonds is 5. The lowest BCUT2D eigenvalue weighted by molar-refractivity contribution is 0.0193. The van der Waals surface area contributed by atoms with Gasteiger partial charge in [-0.15, -0.1) is 0 Å². The van der Waals surface area contributed by atoms with Crippen LogP contribution in [-0.2, 0) is 11.4 Å². The van der Waals surface area contributed by atoms with Crippen molar-refractivity contribution in [2.45, 2.75) is 27.3 Å².